The summed E-state index contributed by atoms with van der Waals surface area (Å²) in [6.45, 7) is 1.32. The zero-order valence-electron chi connectivity index (χ0n) is 10.8. The molecule has 96 valence electrons. The Morgan fingerprint density at radius 3 is 2.59 bits per heavy atom. The number of hydrogen-bond acceptors (Lipinski definition) is 5. The van der Waals surface area contributed by atoms with Crippen LogP contribution in [0.2, 0.25) is 0 Å². The number of rotatable bonds is 4. The van der Waals surface area contributed by atoms with Crippen molar-refractivity contribution in [1.82, 2.24) is 15.0 Å². The van der Waals surface area contributed by atoms with Gasteiger partial charge >= 0.3 is 0 Å². The highest BCUT2D eigenvalue weighted by Crippen LogP contribution is 2.37. The minimum atomic E-state index is -0.0597. The van der Waals surface area contributed by atoms with E-state index in [2.05, 4.69) is 10.1 Å². The molecule has 0 amide bonds. The molecule has 0 aliphatic heterocycles. The fraction of sp³-hybridized carbons (Fsp3) is 0.833. The van der Waals surface area contributed by atoms with Gasteiger partial charge in [-0.05, 0) is 26.9 Å². The van der Waals surface area contributed by atoms with Crippen LogP contribution in [-0.4, -0.2) is 35.7 Å². The van der Waals surface area contributed by atoms with E-state index in [0.717, 1.165) is 24.6 Å². The highest BCUT2D eigenvalue weighted by atomic mass is 16.5. The van der Waals surface area contributed by atoms with E-state index in [4.69, 9.17) is 10.3 Å². The first-order chi connectivity index (χ1) is 8.16. The Labute approximate surface area is 102 Å². The van der Waals surface area contributed by atoms with E-state index in [1.165, 1.54) is 19.3 Å². The predicted octanol–water partition coefficient (Wildman–Crippen LogP) is 1.29. The molecule has 0 saturated heterocycles. The van der Waals surface area contributed by atoms with Gasteiger partial charge in [-0.2, -0.15) is 4.98 Å². The van der Waals surface area contributed by atoms with Crippen molar-refractivity contribution in [3.63, 3.8) is 0 Å². The summed E-state index contributed by atoms with van der Waals surface area (Å²) in [7, 11) is 3.99. The number of hydrogen-bond donors (Lipinski definition) is 1. The molecule has 0 radical (unpaired) electrons. The van der Waals surface area contributed by atoms with Gasteiger partial charge in [0.1, 0.15) is 0 Å². The number of nitrogens with zero attached hydrogens (tertiary/aromatic N) is 3. The lowest BCUT2D eigenvalue weighted by Crippen LogP contribution is -2.37. The summed E-state index contributed by atoms with van der Waals surface area (Å²) in [6, 6.07) is 0. The third-order valence-corrected chi connectivity index (χ3v) is 3.58. The number of nitrogens with two attached hydrogens (primary N) is 1. The third kappa shape index (κ3) is 2.66. The zero-order chi connectivity index (χ0) is 12.3. The molecule has 1 aromatic heterocycles. The molecule has 5 heteroatoms. The van der Waals surface area contributed by atoms with Gasteiger partial charge in [-0.3, -0.25) is 0 Å². The van der Waals surface area contributed by atoms with Crippen molar-refractivity contribution in [3.05, 3.63) is 11.7 Å². The van der Waals surface area contributed by atoms with Crippen LogP contribution in [0.15, 0.2) is 4.52 Å². The predicted molar refractivity (Wildman–Crippen MR) is 65.5 cm³/mol. The van der Waals surface area contributed by atoms with Crippen LogP contribution in [-0.2, 0) is 12.0 Å². The van der Waals surface area contributed by atoms with Gasteiger partial charge in [0.2, 0.25) is 5.89 Å². The smallest absolute Gasteiger partial charge is 0.234 e. The normalized spacial score (nSPS) is 19.8. The molecule has 0 bridgehead atoms. The molecule has 0 spiro atoms. The molecule has 1 heterocycles. The fourth-order valence-electron chi connectivity index (χ4n) is 2.55. The first kappa shape index (κ1) is 12.5. The van der Waals surface area contributed by atoms with Gasteiger partial charge in [-0.15, -0.1) is 0 Å². The Morgan fingerprint density at radius 2 is 2.00 bits per heavy atom. The Kier molecular flexibility index (Phi) is 3.79. The summed E-state index contributed by atoms with van der Waals surface area (Å²) in [5, 5.41) is 4.04. The average molecular weight is 238 g/mol. The maximum Gasteiger partial charge on any atom is 0.234 e. The highest BCUT2D eigenvalue weighted by molar-refractivity contribution is 5.07. The first-order valence-electron chi connectivity index (χ1n) is 6.34. The van der Waals surface area contributed by atoms with Gasteiger partial charge in [0.05, 0.1) is 12.0 Å². The lowest BCUT2D eigenvalue weighted by Gasteiger charge is -2.32. The summed E-state index contributed by atoms with van der Waals surface area (Å²) in [4.78, 5) is 6.55. The lowest BCUT2D eigenvalue weighted by atomic mass is 9.74. The van der Waals surface area contributed by atoms with Gasteiger partial charge in [0.15, 0.2) is 5.82 Å². The summed E-state index contributed by atoms with van der Waals surface area (Å²) in [5.74, 6) is 1.50. The highest BCUT2D eigenvalue weighted by Gasteiger charge is 2.37. The van der Waals surface area contributed by atoms with E-state index in [0.29, 0.717) is 13.1 Å². The molecule has 17 heavy (non-hydrogen) atoms. The van der Waals surface area contributed by atoms with Crippen molar-refractivity contribution < 1.29 is 4.52 Å². The van der Waals surface area contributed by atoms with Crippen LogP contribution in [0.1, 0.15) is 43.8 Å². The molecule has 0 atom stereocenters. The van der Waals surface area contributed by atoms with E-state index < -0.39 is 0 Å². The SMILES string of the molecule is CN(C)Cc1noc(C2(CN)CCCCC2)n1. The average Bonchev–Trinajstić information content (AvgIpc) is 2.78. The van der Waals surface area contributed by atoms with E-state index in [-0.39, 0.29) is 5.41 Å². The van der Waals surface area contributed by atoms with Crippen LogP contribution < -0.4 is 5.73 Å². The molecule has 1 saturated carbocycles. The van der Waals surface area contributed by atoms with Gasteiger partial charge in [-0.1, -0.05) is 24.4 Å². The van der Waals surface area contributed by atoms with Crippen molar-refractivity contribution in [2.75, 3.05) is 20.6 Å². The molecule has 1 aromatic rings. The van der Waals surface area contributed by atoms with E-state index >= 15 is 0 Å². The van der Waals surface area contributed by atoms with Crippen molar-refractivity contribution in [2.24, 2.45) is 5.73 Å². The van der Waals surface area contributed by atoms with Crippen LogP contribution >= 0.6 is 0 Å². The summed E-state index contributed by atoms with van der Waals surface area (Å²) >= 11 is 0. The first-order valence-corrected chi connectivity index (χ1v) is 6.34. The van der Waals surface area contributed by atoms with Crippen molar-refractivity contribution in [1.29, 1.82) is 0 Å². The molecular weight excluding hydrogens is 216 g/mol. The van der Waals surface area contributed by atoms with Crippen LogP contribution in [0.4, 0.5) is 0 Å². The second kappa shape index (κ2) is 5.14. The van der Waals surface area contributed by atoms with E-state index in [1.807, 2.05) is 19.0 Å². The van der Waals surface area contributed by atoms with E-state index in [9.17, 15) is 0 Å². The van der Waals surface area contributed by atoms with Crippen molar-refractivity contribution >= 4 is 0 Å². The van der Waals surface area contributed by atoms with Gasteiger partial charge < -0.3 is 15.2 Å². The molecule has 1 aliphatic carbocycles. The maximum atomic E-state index is 5.94. The molecule has 1 aliphatic rings. The van der Waals surface area contributed by atoms with Crippen molar-refractivity contribution in [2.45, 2.75) is 44.1 Å². The molecular formula is C12H22N4O. The molecule has 5 nitrogen and oxygen atoms in total. The fourth-order valence-corrected chi connectivity index (χ4v) is 2.55. The molecule has 0 unspecified atom stereocenters. The summed E-state index contributed by atoms with van der Waals surface area (Å²) in [5.41, 5.74) is 5.88. The monoisotopic (exact) mass is 238 g/mol. The quantitative estimate of drug-likeness (QED) is 0.856. The second-order valence-corrected chi connectivity index (χ2v) is 5.30. The third-order valence-electron chi connectivity index (χ3n) is 3.58. The Morgan fingerprint density at radius 1 is 1.29 bits per heavy atom. The number of aromatic nitrogens is 2. The minimum Gasteiger partial charge on any atom is -0.339 e. The van der Waals surface area contributed by atoms with Crippen LogP contribution in [0.5, 0.6) is 0 Å². The molecule has 2 rings (SSSR count). The molecule has 0 aromatic carbocycles. The Balaban J connectivity index is 2.16. The lowest BCUT2D eigenvalue weighted by molar-refractivity contribution is 0.219. The largest absolute Gasteiger partial charge is 0.339 e. The van der Waals surface area contributed by atoms with E-state index in [1.54, 1.807) is 0 Å². The standard InChI is InChI=1S/C12H22N4O/c1-16(2)8-10-14-11(17-15-10)12(9-13)6-4-3-5-7-12/h3-9,13H2,1-2H3. The summed E-state index contributed by atoms with van der Waals surface area (Å²) in [6.07, 6.45) is 5.87. The van der Waals surface area contributed by atoms with Crippen LogP contribution in [0.3, 0.4) is 0 Å². The topological polar surface area (TPSA) is 68.2 Å². The maximum absolute atomic E-state index is 5.94. The zero-order valence-corrected chi connectivity index (χ0v) is 10.8. The second-order valence-electron chi connectivity index (χ2n) is 5.30. The van der Waals surface area contributed by atoms with Gasteiger partial charge in [0, 0.05) is 6.54 Å². The Hall–Kier alpha value is -0.940. The van der Waals surface area contributed by atoms with Crippen LogP contribution in [0, 0.1) is 0 Å². The minimum absolute atomic E-state index is 0.0597. The summed E-state index contributed by atoms with van der Waals surface area (Å²) < 4.78 is 5.43. The van der Waals surface area contributed by atoms with Crippen molar-refractivity contribution in [3.8, 4) is 0 Å². The Bertz CT molecular complexity index is 355. The van der Waals surface area contributed by atoms with Crippen LogP contribution in [0.25, 0.3) is 0 Å². The molecule has 2 N–H and O–H groups in total. The van der Waals surface area contributed by atoms with Gasteiger partial charge in [0.25, 0.3) is 0 Å². The van der Waals surface area contributed by atoms with Gasteiger partial charge in [-0.25, -0.2) is 0 Å². The molecule has 1 fully saturated rings.